The average molecular weight is 185 g/mol. The highest BCUT2D eigenvalue weighted by Gasteiger charge is 2.18. The molecule has 0 unspecified atom stereocenters. The second-order valence-electron chi connectivity index (χ2n) is 4.22. The lowest BCUT2D eigenvalue weighted by molar-refractivity contribution is -0.152. The maximum absolute atomic E-state index is 10.2. The van der Waals surface area contributed by atoms with Gasteiger partial charge in [0.1, 0.15) is 0 Å². The van der Waals surface area contributed by atoms with Crippen LogP contribution in [-0.4, -0.2) is 23.2 Å². The van der Waals surface area contributed by atoms with Crippen LogP contribution in [0.4, 0.5) is 0 Å². The number of carbonyl (C=O) groups is 1. The summed E-state index contributed by atoms with van der Waals surface area (Å²) >= 11 is 0. The monoisotopic (exact) mass is 185 g/mol. The van der Waals surface area contributed by atoms with Gasteiger partial charge in [-0.2, -0.15) is 0 Å². The van der Waals surface area contributed by atoms with Crippen LogP contribution in [0.3, 0.4) is 0 Å². The van der Waals surface area contributed by atoms with Gasteiger partial charge in [-0.1, -0.05) is 32.6 Å². The largest absolute Gasteiger partial charge is 0.286 e. The molecule has 0 aromatic heterocycles. The lowest BCUT2D eigenvalue weighted by atomic mass is 9.94. The van der Waals surface area contributed by atoms with Crippen LogP contribution in [0.25, 0.3) is 0 Å². The van der Waals surface area contributed by atoms with Gasteiger partial charge in [0.2, 0.25) is 6.41 Å². The molecule has 3 heteroatoms. The summed E-state index contributed by atoms with van der Waals surface area (Å²) in [5.74, 6) is 1.24. The molecule has 1 saturated carbocycles. The van der Waals surface area contributed by atoms with E-state index < -0.39 is 0 Å². The zero-order valence-corrected chi connectivity index (χ0v) is 8.28. The number of hydrogen-bond donors (Lipinski definition) is 1. The predicted molar refractivity (Wildman–Crippen MR) is 50.3 cm³/mol. The second-order valence-corrected chi connectivity index (χ2v) is 4.22. The van der Waals surface area contributed by atoms with Gasteiger partial charge in [0.15, 0.2) is 0 Å². The number of amides is 1. The number of nitrogens with zero attached hydrogens (tertiary/aromatic N) is 1. The summed E-state index contributed by atoms with van der Waals surface area (Å²) in [5, 5.41) is 9.72. The molecule has 1 aliphatic rings. The van der Waals surface area contributed by atoms with Crippen LogP contribution >= 0.6 is 0 Å². The van der Waals surface area contributed by atoms with Crippen LogP contribution in [0.1, 0.15) is 39.0 Å². The van der Waals surface area contributed by atoms with Gasteiger partial charge in [-0.05, 0) is 18.3 Å². The fraction of sp³-hybridized carbons (Fsp3) is 0.900. The van der Waals surface area contributed by atoms with Gasteiger partial charge in [0, 0.05) is 0 Å². The molecule has 1 rings (SSSR count). The molecule has 1 N–H and O–H groups in total. The van der Waals surface area contributed by atoms with E-state index in [1.807, 2.05) is 0 Å². The van der Waals surface area contributed by atoms with Gasteiger partial charge in [-0.25, -0.2) is 5.06 Å². The van der Waals surface area contributed by atoms with Gasteiger partial charge in [0.05, 0.1) is 6.54 Å². The molecule has 1 aliphatic carbocycles. The van der Waals surface area contributed by atoms with Crippen LogP contribution in [0.2, 0.25) is 0 Å². The highest BCUT2D eigenvalue weighted by Crippen LogP contribution is 2.30. The Balaban J connectivity index is 2.15. The summed E-state index contributed by atoms with van der Waals surface area (Å²) in [5.41, 5.74) is 0. The molecule has 0 aromatic rings. The Kier molecular flexibility index (Phi) is 4.22. The van der Waals surface area contributed by atoms with Crippen LogP contribution in [0.5, 0.6) is 0 Å². The molecule has 0 saturated heterocycles. The van der Waals surface area contributed by atoms with Crippen molar-refractivity contribution in [1.82, 2.24) is 5.06 Å². The predicted octanol–water partition coefficient (Wildman–Crippen LogP) is 2.05. The first-order valence-corrected chi connectivity index (χ1v) is 5.13. The van der Waals surface area contributed by atoms with Crippen molar-refractivity contribution in [2.45, 2.75) is 39.0 Å². The third-order valence-electron chi connectivity index (χ3n) is 2.83. The van der Waals surface area contributed by atoms with Crippen LogP contribution < -0.4 is 0 Å². The Bertz CT molecular complexity index is 155. The molecule has 0 radical (unpaired) electrons. The zero-order chi connectivity index (χ0) is 9.68. The standard InChI is InChI=1S/C10H19NO2/c1-9(7-11(13)8-12)6-10-4-2-3-5-10/h8-10,13H,2-7H2,1H3/t9-/m1/s1. The average Bonchev–Trinajstić information content (AvgIpc) is 2.56. The van der Waals surface area contributed by atoms with E-state index in [9.17, 15) is 4.79 Å². The lowest BCUT2D eigenvalue weighted by Crippen LogP contribution is -2.24. The van der Waals surface area contributed by atoms with E-state index in [4.69, 9.17) is 5.21 Å². The molecule has 1 amide bonds. The lowest BCUT2D eigenvalue weighted by Gasteiger charge is -2.18. The first kappa shape index (κ1) is 10.5. The SMILES string of the molecule is C[C@H](CC1CCCC1)CN(O)C=O. The second kappa shape index (κ2) is 5.22. The smallest absolute Gasteiger partial charge is 0.233 e. The molecule has 13 heavy (non-hydrogen) atoms. The van der Waals surface area contributed by atoms with Crippen molar-refractivity contribution >= 4 is 6.41 Å². The molecule has 0 aromatic carbocycles. The number of hydrogen-bond acceptors (Lipinski definition) is 2. The molecule has 0 heterocycles. The first-order chi connectivity index (χ1) is 6.22. The highest BCUT2D eigenvalue weighted by molar-refractivity contribution is 5.44. The Labute approximate surface area is 79.7 Å². The normalized spacial score (nSPS) is 20.2. The van der Waals surface area contributed by atoms with Gasteiger partial charge >= 0.3 is 0 Å². The van der Waals surface area contributed by atoms with Crippen molar-refractivity contribution in [3.8, 4) is 0 Å². The maximum atomic E-state index is 10.2. The van der Waals surface area contributed by atoms with E-state index in [1.54, 1.807) is 0 Å². The minimum atomic E-state index is 0.415. The van der Waals surface area contributed by atoms with Crippen molar-refractivity contribution in [3.63, 3.8) is 0 Å². The molecule has 1 atom stereocenters. The van der Waals surface area contributed by atoms with E-state index in [2.05, 4.69) is 6.92 Å². The Morgan fingerprint density at radius 2 is 2.15 bits per heavy atom. The third kappa shape index (κ3) is 3.77. The molecule has 3 nitrogen and oxygen atoms in total. The van der Waals surface area contributed by atoms with E-state index in [-0.39, 0.29) is 0 Å². The third-order valence-corrected chi connectivity index (χ3v) is 2.83. The minimum absolute atomic E-state index is 0.415. The topological polar surface area (TPSA) is 40.5 Å². The minimum Gasteiger partial charge on any atom is -0.286 e. The molecule has 0 spiro atoms. The Morgan fingerprint density at radius 3 is 2.69 bits per heavy atom. The molecule has 0 bridgehead atoms. The fourth-order valence-corrected chi connectivity index (χ4v) is 2.25. The summed E-state index contributed by atoms with van der Waals surface area (Å²) in [4.78, 5) is 10.2. The quantitative estimate of drug-likeness (QED) is 0.404. The van der Waals surface area contributed by atoms with Crippen molar-refractivity contribution in [2.24, 2.45) is 11.8 Å². The zero-order valence-electron chi connectivity index (χ0n) is 8.28. The Hall–Kier alpha value is -0.570. The number of carbonyl (C=O) groups excluding carboxylic acids is 1. The summed E-state index contributed by atoms with van der Waals surface area (Å²) in [6, 6.07) is 0. The summed E-state index contributed by atoms with van der Waals surface area (Å²) in [6.45, 7) is 2.56. The Morgan fingerprint density at radius 1 is 1.54 bits per heavy atom. The highest BCUT2D eigenvalue weighted by atomic mass is 16.5. The maximum Gasteiger partial charge on any atom is 0.233 e. The van der Waals surface area contributed by atoms with E-state index in [1.165, 1.54) is 25.7 Å². The van der Waals surface area contributed by atoms with E-state index in [0.717, 1.165) is 17.4 Å². The summed E-state index contributed by atoms with van der Waals surface area (Å²) < 4.78 is 0. The molecular formula is C10H19NO2. The van der Waals surface area contributed by atoms with Crippen LogP contribution in [0.15, 0.2) is 0 Å². The van der Waals surface area contributed by atoms with Crippen LogP contribution in [0, 0.1) is 11.8 Å². The van der Waals surface area contributed by atoms with Crippen molar-refractivity contribution in [3.05, 3.63) is 0 Å². The van der Waals surface area contributed by atoms with E-state index >= 15 is 0 Å². The van der Waals surface area contributed by atoms with Crippen LogP contribution in [-0.2, 0) is 4.79 Å². The van der Waals surface area contributed by atoms with Gasteiger partial charge in [0.25, 0.3) is 0 Å². The van der Waals surface area contributed by atoms with Crippen molar-refractivity contribution < 1.29 is 10.0 Å². The van der Waals surface area contributed by atoms with Crippen molar-refractivity contribution in [2.75, 3.05) is 6.54 Å². The molecular weight excluding hydrogens is 166 g/mol. The molecule has 0 aliphatic heterocycles. The molecule has 1 fully saturated rings. The first-order valence-electron chi connectivity index (χ1n) is 5.13. The number of hydroxylamine groups is 2. The van der Waals surface area contributed by atoms with E-state index in [0.29, 0.717) is 18.9 Å². The summed E-state index contributed by atoms with van der Waals surface area (Å²) in [6.07, 6.45) is 6.99. The fourth-order valence-electron chi connectivity index (χ4n) is 2.25. The van der Waals surface area contributed by atoms with Gasteiger partial charge in [-0.3, -0.25) is 10.0 Å². The van der Waals surface area contributed by atoms with Crippen molar-refractivity contribution in [1.29, 1.82) is 0 Å². The van der Waals surface area contributed by atoms with Gasteiger partial charge < -0.3 is 0 Å². The summed E-state index contributed by atoms with van der Waals surface area (Å²) in [7, 11) is 0. The number of rotatable bonds is 5. The van der Waals surface area contributed by atoms with Gasteiger partial charge in [-0.15, -0.1) is 0 Å². The molecule has 76 valence electrons.